The molecule has 8 heteroatoms. The summed E-state index contributed by atoms with van der Waals surface area (Å²) in [6.07, 6.45) is 1.34. The summed E-state index contributed by atoms with van der Waals surface area (Å²) in [6.45, 7) is 3.97. The number of aromatic nitrogens is 3. The van der Waals surface area contributed by atoms with E-state index in [1.165, 1.54) is 4.57 Å². The minimum atomic E-state index is -0.535. The maximum absolute atomic E-state index is 12.6. The van der Waals surface area contributed by atoms with Crippen molar-refractivity contribution in [2.45, 2.75) is 33.2 Å². The smallest absolute Gasteiger partial charge is 0.407 e. The van der Waals surface area contributed by atoms with Crippen molar-refractivity contribution < 1.29 is 9.21 Å². The van der Waals surface area contributed by atoms with Gasteiger partial charge in [-0.05, 0) is 30.5 Å². The second-order valence-corrected chi connectivity index (χ2v) is 5.93. The monoisotopic (exact) mass is 356 g/mol. The topological polar surface area (TPSA) is 110 Å². The summed E-state index contributed by atoms with van der Waals surface area (Å²) in [5, 5.41) is 9.29. The molecule has 0 fully saturated rings. The summed E-state index contributed by atoms with van der Waals surface area (Å²) in [4.78, 5) is 36.5. The molecule has 1 amide bonds. The van der Waals surface area contributed by atoms with E-state index in [0.29, 0.717) is 23.9 Å². The van der Waals surface area contributed by atoms with Crippen LogP contribution in [-0.2, 0) is 26.4 Å². The standard InChI is InChI=1S/C18H20N4O4/c1-4-10-12(17(24)21-20-13(10)5-2)9-19-16(23)11-7-6-8-14-15(11)26-18(25)22(14)3/h6-8H,4-5,9H2,1-3H3,(H,19,23)(H,21,24). The number of rotatable bonds is 5. The first-order valence-electron chi connectivity index (χ1n) is 8.43. The third kappa shape index (κ3) is 2.94. The van der Waals surface area contributed by atoms with Gasteiger partial charge < -0.3 is 9.73 Å². The lowest BCUT2D eigenvalue weighted by Gasteiger charge is -2.11. The number of oxazole rings is 1. The van der Waals surface area contributed by atoms with Crippen molar-refractivity contribution in [1.82, 2.24) is 20.1 Å². The first-order chi connectivity index (χ1) is 12.5. The van der Waals surface area contributed by atoms with E-state index in [2.05, 4.69) is 15.5 Å². The number of aromatic amines is 1. The molecular weight excluding hydrogens is 336 g/mol. The number of hydrogen-bond donors (Lipinski definition) is 2. The lowest BCUT2D eigenvalue weighted by atomic mass is 10.0. The number of nitrogens with one attached hydrogen (secondary N) is 2. The number of amides is 1. The van der Waals surface area contributed by atoms with Gasteiger partial charge in [-0.3, -0.25) is 14.2 Å². The highest BCUT2D eigenvalue weighted by Crippen LogP contribution is 2.17. The Balaban J connectivity index is 1.93. The highest BCUT2D eigenvalue weighted by atomic mass is 16.4. The van der Waals surface area contributed by atoms with Crippen molar-refractivity contribution in [1.29, 1.82) is 0 Å². The van der Waals surface area contributed by atoms with Crippen LogP contribution in [0.1, 0.15) is 41.0 Å². The van der Waals surface area contributed by atoms with Gasteiger partial charge >= 0.3 is 5.76 Å². The Bertz CT molecular complexity index is 1090. The quantitative estimate of drug-likeness (QED) is 0.715. The molecular formula is C18H20N4O4. The van der Waals surface area contributed by atoms with Gasteiger partial charge in [0.05, 0.1) is 16.8 Å². The highest BCUT2D eigenvalue weighted by Gasteiger charge is 2.17. The normalized spacial score (nSPS) is 11.0. The van der Waals surface area contributed by atoms with E-state index in [9.17, 15) is 14.4 Å². The zero-order valence-electron chi connectivity index (χ0n) is 14.9. The van der Waals surface area contributed by atoms with Crippen LogP contribution in [-0.4, -0.2) is 20.7 Å². The van der Waals surface area contributed by atoms with E-state index in [-0.39, 0.29) is 23.3 Å². The third-order valence-electron chi connectivity index (χ3n) is 4.46. The molecule has 2 heterocycles. The molecule has 1 aromatic carbocycles. The largest absolute Gasteiger partial charge is 0.419 e. The zero-order chi connectivity index (χ0) is 18.8. The van der Waals surface area contributed by atoms with Crippen LogP contribution in [0.15, 0.2) is 32.2 Å². The van der Waals surface area contributed by atoms with Gasteiger partial charge in [0.2, 0.25) is 0 Å². The summed E-state index contributed by atoms with van der Waals surface area (Å²) in [5.41, 5.74) is 2.85. The second-order valence-electron chi connectivity index (χ2n) is 5.93. The minimum absolute atomic E-state index is 0.0698. The molecule has 136 valence electrons. The Morgan fingerprint density at radius 3 is 2.69 bits per heavy atom. The molecule has 0 unspecified atom stereocenters. The summed E-state index contributed by atoms with van der Waals surface area (Å²) in [7, 11) is 1.58. The molecule has 0 aliphatic carbocycles. The number of para-hydroxylation sites is 1. The van der Waals surface area contributed by atoms with Crippen LogP contribution < -0.4 is 16.6 Å². The maximum Gasteiger partial charge on any atom is 0.419 e. The van der Waals surface area contributed by atoms with Crippen LogP contribution in [0.2, 0.25) is 0 Å². The fraction of sp³-hybridized carbons (Fsp3) is 0.333. The Morgan fingerprint density at radius 2 is 2.00 bits per heavy atom. The SMILES string of the molecule is CCc1n[nH]c(=O)c(CNC(=O)c2cccc3c2oc(=O)n3C)c1CC. The molecule has 26 heavy (non-hydrogen) atoms. The van der Waals surface area contributed by atoms with Crippen LogP contribution in [0.3, 0.4) is 0 Å². The minimum Gasteiger partial charge on any atom is -0.407 e. The van der Waals surface area contributed by atoms with E-state index in [0.717, 1.165) is 11.3 Å². The van der Waals surface area contributed by atoms with Gasteiger partial charge in [0.25, 0.3) is 11.5 Å². The fourth-order valence-electron chi connectivity index (χ4n) is 3.05. The van der Waals surface area contributed by atoms with Gasteiger partial charge in [0.15, 0.2) is 5.58 Å². The Labute approximate surface area is 148 Å². The molecule has 0 bridgehead atoms. The van der Waals surface area contributed by atoms with Gasteiger partial charge in [-0.1, -0.05) is 19.9 Å². The van der Waals surface area contributed by atoms with Gasteiger partial charge in [-0.15, -0.1) is 0 Å². The van der Waals surface area contributed by atoms with Crippen molar-refractivity contribution in [2.75, 3.05) is 0 Å². The van der Waals surface area contributed by atoms with Gasteiger partial charge in [-0.2, -0.15) is 5.10 Å². The fourth-order valence-corrected chi connectivity index (χ4v) is 3.05. The lowest BCUT2D eigenvalue weighted by molar-refractivity contribution is 0.0951. The molecule has 2 N–H and O–H groups in total. The molecule has 2 aromatic heterocycles. The molecule has 0 saturated heterocycles. The van der Waals surface area contributed by atoms with Crippen LogP contribution in [0, 0.1) is 0 Å². The summed E-state index contributed by atoms with van der Waals surface area (Å²) < 4.78 is 6.51. The second kappa shape index (κ2) is 6.99. The zero-order valence-corrected chi connectivity index (χ0v) is 14.9. The van der Waals surface area contributed by atoms with Crippen LogP contribution in [0.5, 0.6) is 0 Å². The number of H-pyrrole nitrogens is 1. The average molecular weight is 356 g/mol. The molecule has 3 aromatic rings. The van der Waals surface area contributed by atoms with Crippen molar-refractivity contribution in [3.8, 4) is 0 Å². The van der Waals surface area contributed by atoms with Crippen LogP contribution >= 0.6 is 0 Å². The predicted octanol–water partition coefficient (Wildman–Crippen LogP) is 1.27. The molecule has 0 atom stereocenters. The average Bonchev–Trinajstić information content (AvgIpc) is 2.94. The van der Waals surface area contributed by atoms with Crippen molar-refractivity contribution in [3.63, 3.8) is 0 Å². The number of nitrogens with zero attached hydrogens (tertiary/aromatic N) is 2. The van der Waals surface area contributed by atoms with E-state index in [1.54, 1.807) is 25.2 Å². The molecule has 8 nitrogen and oxygen atoms in total. The molecule has 0 spiro atoms. The number of carbonyl (C=O) groups is 1. The lowest BCUT2D eigenvalue weighted by Crippen LogP contribution is -2.29. The number of benzene rings is 1. The van der Waals surface area contributed by atoms with E-state index >= 15 is 0 Å². The Hall–Kier alpha value is -3.16. The maximum atomic E-state index is 12.6. The Kier molecular flexibility index (Phi) is 4.75. The molecule has 0 radical (unpaired) electrons. The molecule has 0 aliphatic rings. The van der Waals surface area contributed by atoms with Crippen LogP contribution in [0.4, 0.5) is 0 Å². The first kappa shape index (κ1) is 17.7. The molecule has 0 saturated carbocycles. The predicted molar refractivity (Wildman–Crippen MR) is 96.2 cm³/mol. The number of aryl methyl sites for hydroxylation is 2. The van der Waals surface area contributed by atoms with E-state index in [1.807, 2.05) is 13.8 Å². The van der Waals surface area contributed by atoms with E-state index < -0.39 is 11.7 Å². The highest BCUT2D eigenvalue weighted by molar-refractivity contribution is 6.04. The van der Waals surface area contributed by atoms with E-state index in [4.69, 9.17) is 4.42 Å². The van der Waals surface area contributed by atoms with Gasteiger partial charge in [0, 0.05) is 19.2 Å². The third-order valence-corrected chi connectivity index (χ3v) is 4.46. The number of fused-ring (bicyclic) bond motifs is 1. The molecule has 3 rings (SSSR count). The number of hydrogen-bond acceptors (Lipinski definition) is 5. The summed E-state index contributed by atoms with van der Waals surface area (Å²) in [5.74, 6) is -0.951. The summed E-state index contributed by atoms with van der Waals surface area (Å²) in [6, 6.07) is 4.96. The number of carbonyl (C=O) groups excluding carboxylic acids is 1. The molecule has 0 aliphatic heterocycles. The Morgan fingerprint density at radius 1 is 1.23 bits per heavy atom. The summed E-state index contributed by atoms with van der Waals surface area (Å²) >= 11 is 0. The van der Waals surface area contributed by atoms with Gasteiger partial charge in [0.1, 0.15) is 0 Å². The van der Waals surface area contributed by atoms with Crippen LogP contribution in [0.25, 0.3) is 11.1 Å². The van der Waals surface area contributed by atoms with Crippen molar-refractivity contribution in [2.24, 2.45) is 7.05 Å². The van der Waals surface area contributed by atoms with Crippen molar-refractivity contribution >= 4 is 17.0 Å². The first-order valence-corrected chi connectivity index (χ1v) is 8.43. The van der Waals surface area contributed by atoms with Crippen molar-refractivity contribution in [3.05, 3.63) is 61.5 Å². The van der Waals surface area contributed by atoms with Gasteiger partial charge in [-0.25, -0.2) is 9.89 Å².